The maximum absolute atomic E-state index is 11.9. The molecule has 1 amide bonds. The molecule has 0 bridgehead atoms. The Morgan fingerprint density at radius 3 is 2.82 bits per heavy atom. The monoisotopic (exact) mass is 294 g/mol. The first-order valence-electron chi connectivity index (χ1n) is 7.17. The minimum absolute atomic E-state index is 0.0134. The Hall–Kier alpha value is -2.89. The summed E-state index contributed by atoms with van der Waals surface area (Å²) in [5.74, 6) is 0.662. The Morgan fingerprint density at radius 2 is 2.05 bits per heavy atom. The number of phenols is 1. The molecule has 4 rings (SSSR count). The van der Waals surface area contributed by atoms with Crippen molar-refractivity contribution in [1.29, 1.82) is 0 Å². The molecule has 1 saturated carbocycles. The molecule has 2 aromatic heterocycles. The average Bonchev–Trinajstić information content (AvgIpc) is 3.26. The van der Waals surface area contributed by atoms with Gasteiger partial charge in [0.05, 0.1) is 5.52 Å². The lowest BCUT2D eigenvalue weighted by Gasteiger charge is -2.08. The number of amides is 1. The Morgan fingerprint density at radius 1 is 1.23 bits per heavy atom. The molecule has 2 heterocycles. The zero-order valence-corrected chi connectivity index (χ0v) is 11.7. The SMILES string of the molecule is O=C(Nc1nnc(-c2ccccc2O)c2cc[nH]c12)C1CC1. The molecule has 110 valence electrons. The van der Waals surface area contributed by atoms with Crippen LogP contribution in [0.4, 0.5) is 5.82 Å². The molecule has 6 heteroatoms. The van der Waals surface area contributed by atoms with Crippen LogP contribution in [0.15, 0.2) is 36.5 Å². The Bertz CT molecular complexity index is 867. The maximum atomic E-state index is 11.9. The van der Waals surface area contributed by atoms with Gasteiger partial charge >= 0.3 is 0 Å². The van der Waals surface area contributed by atoms with Crippen LogP contribution in [-0.2, 0) is 4.79 Å². The number of anilines is 1. The lowest BCUT2D eigenvalue weighted by Crippen LogP contribution is -2.15. The van der Waals surface area contributed by atoms with Crippen molar-refractivity contribution in [2.24, 2.45) is 5.92 Å². The highest BCUT2D eigenvalue weighted by molar-refractivity contribution is 6.04. The number of hydrogen-bond donors (Lipinski definition) is 3. The molecule has 3 N–H and O–H groups in total. The van der Waals surface area contributed by atoms with E-state index < -0.39 is 0 Å². The van der Waals surface area contributed by atoms with Crippen LogP contribution in [0.25, 0.3) is 22.2 Å². The van der Waals surface area contributed by atoms with Crippen molar-refractivity contribution in [2.75, 3.05) is 5.32 Å². The fourth-order valence-electron chi connectivity index (χ4n) is 2.49. The average molecular weight is 294 g/mol. The van der Waals surface area contributed by atoms with E-state index in [4.69, 9.17) is 0 Å². The number of para-hydroxylation sites is 1. The molecular formula is C16H14N4O2. The van der Waals surface area contributed by atoms with Gasteiger partial charge in [-0.3, -0.25) is 4.79 Å². The predicted molar refractivity (Wildman–Crippen MR) is 82.3 cm³/mol. The Balaban J connectivity index is 1.81. The number of aromatic amines is 1. The van der Waals surface area contributed by atoms with Crippen LogP contribution in [0, 0.1) is 5.92 Å². The minimum atomic E-state index is -0.0134. The molecule has 0 spiro atoms. The highest BCUT2D eigenvalue weighted by atomic mass is 16.3. The molecular weight excluding hydrogens is 280 g/mol. The number of phenolic OH excluding ortho intramolecular Hbond substituents is 1. The quantitative estimate of drug-likeness (QED) is 0.692. The summed E-state index contributed by atoms with van der Waals surface area (Å²) in [5, 5.41) is 22.0. The summed E-state index contributed by atoms with van der Waals surface area (Å²) in [6.07, 6.45) is 3.64. The number of carbonyl (C=O) groups excluding carboxylic acids is 1. The van der Waals surface area contributed by atoms with Gasteiger partial charge in [0.15, 0.2) is 5.82 Å². The molecule has 6 nitrogen and oxygen atoms in total. The molecule has 1 fully saturated rings. The highest BCUT2D eigenvalue weighted by Gasteiger charge is 2.30. The molecule has 0 aliphatic heterocycles. The van der Waals surface area contributed by atoms with Gasteiger partial charge in [-0.05, 0) is 31.0 Å². The van der Waals surface area contributed by atoms with E-state index >= 15 is 0 Å². The van der Waals surface area contributed by atoms with Crippen molar-refractivity contribution in [1.82, 2.24) is 15.2 Å². The second-order valence-corrected chi connectivity index (χ2v) is 5.44. The summed E-state index contributed by atoms with van der Waals surface area (Å²) in [7, 11) is 0. The van der Waals surface area contributed by atoms with Crippen LogP contribution >= 0.6 is 0 Å². The summed E-state index contributed by atoms with van der Waals surface area (Å²) in [5.41, 5.74) is 1.90. The summed E-state index contributed by atoms with van der Waals surface area (Å²) >= 11 is 0. The smallest absolute Gasteiger partial charge is 0.228 e. The molecule has 1 aromatic carbocycles. The molecule has 0 saturated heterocycles. The maximum Gasteiger partial charge on any atom is 0.228 e. The number of H-pyrrole nitrogens is 1. The number of carbonyl (C=O) groups is 1. The molecule has 3 aromatic rings. The number of nitrogens with zero attached hydrogens (tertiary/aromatic N) is 2. The number of hydrogen-bond acceptors (Lipinski definition) is 4. The Labute approximate surface area is 126 Å². The van der Waals surface area contributed by atoms with Crippen LogP contribution < -0.4 is 5.32 Å². The zero-order valence-electron chi connectivity index (χ0n) is 11.7. The largest absolute Gasteiger partial charge is 0.507 e. The third kappa shape index (κ3) is 2.09. The van der Waals surface area contributed by atoms with Gasteiger partial charge in [-0.2, -0.15) is 0 Å². The molecule has 0 unspecified atom stereocenters. The normalized spacial score (nSPS) is 14.2. The lowest BCUT2D eigenvalue weighted by atomic mass is 10.1. The van der Waals surface area contributed by atoms with E-state index in [1.165, 1.54) is 0 Å². The van der Waals surface area contributed by atoms with E-state index in [1.54, 1.807) is 24.4 Å². The molecule has 1 aliphatic rings. The van der Waals surface area contributed by atoms with Crippen molar-refractivity contribution in [3.8, 4) is 17.0 Å². The van der Waals surface area contributed by atoms with Crippen LogP contribution in [0.5, 0.6) is 5.75 Å². The molecule has 0 atom stereocenters. The van der Waals surface area contributed by atoms with Gasteiger partial charge in [0, 0.05) is 23.1 Å². The fourth-order valence-corrected chi connectivity index (χ4v) is 2.49. The summed E-state index contributed by atoms with van der Waals surface area (Å²) in [6.45, 7) is 0. The van der Waals surface area contributed by atoms with Gasteiger partial charge in [-0.25, -0.2) is 0 Å². The first-order chi connectivity index (χ1) is 10.7. The van der Waals surface area contributed by atoms with E-state index in [0.29, 0.717) is 22.6 Å². The number of aromatic hydroxyl groups is 1. The van der Waals surface area contributed by atoms with Crippen molar-refractivity contribution >= 4 is 22.6 Å². The van der Waals surface area contributed by atoms with E-state index in [-0.39, 0.29) is 17.6 Å². The predicted octanol–water partition coefficient (Wildman–Crippen LogP) is 2.68. The summed E-state index contributed by atoms with van der Waals surface area (Å²) < 4.78 is 0. The van der Waals surface area contributed by atoms with Crippen molar-refractivity contribution < 1.29 is 9.90 Å². The fraction of sp³-hybridized carbons (Fsp3) is 0.188. The van der Waals surface area contributed by atoms with Gasteiger partial charge in [0.25, 0.3) is 0 Å². The third-order valence-electron chi connectivity index (χ3n) is 3.84. The molecule has 22 heavy (non-hydrogen) atoms. The number of rotatable bonds is 3. The standard InChI is InChI=1S/C16H14N4O2/c21-12-4-2-1-3-10(12)13-11-7-8-17-14(11)15(20-19-13)18-16(22)9-5-6-9/h1-4,7-9,17,21H,5-6H2,(H,18,20,22). The van der Waals surface area contributed by atoms with Gasteiger partial charge in [0.1, 0.15) is 11.4 Å². The summed E-state index contributed by atoms with van der Waals surface area (Å²) in [4.78, 5) is 15.0. The van der Waals surface area contributed by atoms with Crippen LogP contribution in [0.1, 0.15) is 12.8 Å². The Kier molecular flexibility index (Phi) is 2.82. The van der Waals surface area contributed by atoms with Crippen molar-refractivity contribution in [3.63, 3.8) is 0 Å². The second kappa shape index (κ2) is 4.84. The van der Waals surface area contributed by atoms with Crippen molar-refractivity contribution in [2.45, 2.75) is 12.8 Å². The first-order valence-corrected chi connectivity index (χ1v) is 7.17. The van der Waals surface area contributed by atoms with E-state index in [1.807, 2.05) is 12.1 Å². The van der Waals surface area contributed by atoms with Gasteiger partial charge < -0.3 is 15.4 Å². The summed E-state index contributed by atoms with van der Waals surface area (Å²) in [6, 6.07) is 8.84. The van der Waals surface area contributed by atoms with Crippen LogP contribution in [-0.4, -0.2) is 26.2 Å². The highest BCUT2D eigenvalue weighted by Crippen LogP contribution is 2.35. The van der Waals surface area contributed by atoms with Gasteiger partial charge in [-0.1, -0.05) is 12.1 Å². The topological polar surface area (TPSA) is 90.9 Å². The van der Waals surface area contributed by atoms with Crippen molar-refractivity contribution in [3.05, 3.63) is 36.5 Å². The van der Waals surface area contributed by atoms with E-state index in [9.17, 15) is 9.90 Å². The first kappa shape index (κ1) is 12.8. The minimum Gasteiger partial charge on any atom is -0.507 e. The number of nitrogens with one attached hydrogen (secondary N) is 2. The van der Waals surface area contributed by atoms with Crippen LogP contribution in [0.3, 0.4) is 0 Å². The molecule has 0 radical (unpaired) electrons. The van der Waals surface area contributed by atoms with Crippen LogP contribution in [0.2, 0.25) is 0 Å². The second-order valence-electron chi connectivity index (χ2n) is 5.44. The number of aromatic nitrogens is 3. The lowest BCUT2D eigenvalue weighted by molar-refractivity contribution is -0.117. The third-order valence-corrected chi connectivity index (χ3v) is 3.84. The van der Waals surface area contributed by atoms with E-state index in [0.717, 1.165) is 18.2 Å². The number of benzene rings is 1. The number of fused-ring (bicyclic) bond motifs is 1. The van der Waals surface area contributed by atoms with E-state index in [2.05, 4.69) is 20.5 Å². The zero-order chi connectivity index (χ0) is 15.1. The van der Waals surface area contributed by atoms with Gasteiger partial charge in [0.2, 0.25) is 5.91 Å². The van der Waals surface area contributed by atoms with Gasteiger partial charge in [-0.15, -0.1) is 10.2 Å². The molecule has 1 aliphatic carbocycles.